The van der Waals surface area contributed by atoms with Crippen LogP contribution in [-0.4, -0.2) is 69.8 Å². The lowest BCUT2D eigenvalue weighted by Crippen LogP contribution is -2.46. The Labute approximate surface area is 121 Å². The summed E-state index contributed by atoms with van der Waals surface area (Å²) in [4.78, 5) is 23.8. The predicted molar refractivity (Wildman–Crippen MR) is 78.3 cm³/mol. The quantitative estimate of drug-likeness (QED) is 0.534. The first-order chi connectivity index (χ1) is 9.43. The molecule has 1 unspecified atom stereocenters. The molecule has 0 aromatic heterocycles. The average Bonchev–Trinajstić information content (AvgIpc) is 2.37. The molecule has 0 heterocycles. The van der Waals surface area contributed by atoms with Crippen molar-refractivity contribution in [2.75, 3.05) is 47.1 Å². The number of likely N-dealkylation sites (N-methyl/N-ethyl adjacent to an activating group) is 1. The number of carbonyl (C=O) groups excluding carboxylic acids is 2. The van der Waals surface area contributed by atoms with Crippen molar-refractivity contribution in [1.82, 2.24) is 10.2 Å². The van der Waals surface area contributed by atoms with Gasteiger partial charge in [0.1, 0.15) is 6.04 Å². The first kappa shape index (κ1) is 21.1. The molecule has 0 rings (SSSR count). The smallest absolute Gasteiger partial charge is 0.242 e. The molecule has 20 heavy (non-hydrogen) atoms. The molecule has 1 atom stereocenters. The van der Waals surface area contributed by atoms with Crippen molar-refractivity contribution >= 4 is 11.8 Å². The Kier molecular flexibility index (Phi) is 15.0. The van der Waals surface area contributed by atoms with E-state index in [1.54, 1.807) is 0 Å². The molecule has 120 valence electrons. The third-order valence-electron chi connectivity index (χ3n) is 2.06. The highest BCUT2D eigenvalue weighted by Crippen LogP contribution is 1.87. The van der Waals surface area contributed by atoms with Crippen molar-refractivity contribution in [2.24, 2.45) is 5.73 Å². The highest BCUT2D eigenvalue weighted by Gasteiger charge is 2.15. The largest absolute Gasteiger partial charge is 0.378 e. The molecule has 0 aromatic carbocycles. The van der Waals surface area contributed by atoms with Gasteiger partial charge in [-0.3, -0.25) is 9.59 Å². The summed E-state index contributed by atoms with van der Waals surface area (Å²) in [5.41, 5.74) is 5.11. The summed E-state index contributed by atoms with van der Waals surface area (Å²) >= 11 is 0. The summed E-state index contributed by atoms with van der Waals surface area (Å²) in [5.74, 6) is -0.927. The molecule has 0 aliphatic carbocycles. The molecular formula is C13H29N3O4. The highest BCUT2D eigenvalue weighted by atomic mass is 16.5. The van der Waals surface area contributed by atoms with Crippen molar-refractivity contribution in [1.29, 1.82) is 0 Å². The van der Waals surface area contributed by atoms with E-state index in [2.05, 4.69) is 5.32 Å². The lowest BCUT2D eigenvalue weighted by atomic mass is 10.3. The number of rotatable bonds is 10. The van der Waals surface area contributed by atoms with E-state index in [0.717, 1.165) is 6.54 Å². The van der Waals surface area contributed by atoms with E-state index in [4.69, 9.17) is 15.2 Å². The zero-order valence-corrected chi connectivity index (χ0v) is 13.3. The normalized spacial score (nSPS) is 11.5. The summed E-state index contributed by atoms with van der Waals surface area (Å²) in [5, 5.41) is 2.41. The van der Waals surface area contributed by atoms with Gasteiger partial charge in [0, 0.05) is 13.5 Å². The second kappa shape index (κ2) is 14.2. The SMILES string of the molecule is CC.CC(=O)NC(COCCOCCN(C)C)C(N)=O. The first-order valence-corrected chi connectivity index (χ1v) is 6.80. The van der Waals surface area contributed by atoms with Crippen molar-refractivity contribution in [2.45, 2.75) is 26.8 Å². The van der Waals surface area contributed by atoms with E-state index in [-0.39, 0.29) is 12.5 Å². The fourth-order valence-corrected chi connectivity index (χ4v) is 1.11. The van der Waals surface area contributed by atoms with E-state index < -0.39 is 11.9 Å². The van der Waals surface area contributed by atoms with E-state index in [1.165, 1.54) is 6.92 Å². The molecule has 0 spiro atoms. The van der Waals surface area contributed by atoms with Gasteiger partial charge in [0.2, 0.25) is 11.8 Å². The van der Waals surface area contributed by atoms with Crippen molar-refractivity contribution in [3.63, 3.8) is 0 Å². The maximum atomic E-state index is 11.0. The van der Waals surface area contributed by atoms with Crippen LogP contribution in [0.5, 0.6) is 0 Å². The summed E-state index contributed by atoms with van der Waals surface area (Å²) in [7, 11) is 3.93. The Morgan fingerprint density at radius 3 is 2.15 bits per heavy atom. The molecule has 2 amide bonds. The van der Waals surface area contributed by atoms with Crippen LogP contribution >= 0.6 is 0 Å². The number of primary amides is 1. The van der Waals surface area contributed by atoms with Crippen molar-refractivity contribution in [3.8, 4) is 0 Å². The van der Waals surface area contributed by atoms with Crippen LogP contribution < -0.4 is 11.1 Å². The molecule has 0 aromatic rings. The minimum absolute atomic E-state index is 0.0615. The Balaban J connectivity index is 0. The Morgan fingerprint density at radius 2 is 1.70 bits per heavy atom. The van der Waals surface area contributed by atoms with Gasteiger partial charge in [-0.1, -0.05) is 13.8 Å². The van der Waals surface area contributed by atoms with Crippen LogP contribution in [0.4, 0.5) is 0 Å². The molecule has 0 saturated carbocycles. The Hall–Kier alpha value is -1.18. The van der Waals surface area contributed by atoms with Gasteiger partial charge >= 0.3 is 0 Å². The third kappa shape index (κ3) is 14.9. The lowest BCUT2D eigenvalue weighted by Gasteiger charge is -2.14. The average molecular weight is 291 g/mol. The predicted octanol–water partition coefficient (Wildman–Crippen LogP) is -0.403. The maximum absolute atomic E-state index is 11.0. The highest BCUT2D eigenvalue weighted by molar-refractivity contribution is 5.85. The number of carbonyl (C=O) groups is 2. The van der Waals surface area contributed by atoms with Crippen LogP contribution in [0.1, 0.15) is 20.8 Å². The van der Waals surface area contributed by atoms with Gasteiger partial charge in [0.25, 0.3) is 0 Å². The number of ether oxygens (including phenoxy) is 2. The monoisotopic (exact) mass is 291 g/mol. The molecule has 0 fully saturated rings. The summed E-state index contributed by atoms with van der Waals surface area (Å²) in [6, 6.07) is -0.788. The van der Waals surface area contributed by atoms with Crippen LogP contribution in [0.3, 0.4) is 0 Å². The van der Waals surface area contributed by atoms with E-state index in [0.29, 0.717) is 19.8 Å². The molecule has 3 N–H and O–H groups in total. The molecular weight excluding hydrogens is 262 g/mol. The standard InChI is InChI=1S/C11H23N3O4.C2H6/c1-9(15)13-10(11(12)16)8-18-7-6-17-5-4-14(2)3;1-2/h10H,4-8H2,1-3H3,(H2,12,16)(H,13,15);1-2H3. The number of hydrogen-bond acceptors (Lipinski definition) is 5. The zero-order valence-electron chi connectivity index (χ0n) is 13.3. The van der Waals surface area contributed by atoms with Gasteiger partial charge in [-0.15, -0.1) is 0 Å². The fourth-order valence-electron chi connectivity index (χ4n) is 1.11. The maximum Gasteiger partial charge on any atom is 0.242 e. The second-order valence-corrected chi connectivity index (χ2v) is 4.15. The number of hydrogen-bond donors (Lipinski definition) is 2. The van der Waals surface area contributed by atoms with Gasteiger partial charge in [0.05, 0.1) is 26.4 Å². The molecule has 0 aliphatic heterocycles. The number of nitrogens with zero attached hydrogens (tertiary/aromatic N) is 1. The lowest BCUT2D eigenvalue weighted by molar-refractivity contribution is -0.127. The van der Waals surface area contributed by atoms with Crippen LogP contribution in [0, 0.1) is 0 Å². The number of nitrogens with one attached hydrogen (secondary N) is 1. The Morgan fingerprint density at radius 1 is 1.15 bits per heavy atom. The molecule has 7 nitrogen and oxygen atoms in total. The van der Waals surface area contributed by atoms with Crippen LogP contribution in [-0.2, 0) is 19.1 Å². The second-order valence-electron chi connectivity index (χ2n) is 4.15. The van der Waals surface area contributed by atoms with E-state index in [9.17, 15) is 9.59 Å². The van der Waals surface area contributed by atoms with Crippen molar-refractivity contribution < 1.29 is 19.1 Å². The minimum Gasteiger partial charge on any atom is -0.378 e. The third-order valence-corrected chi connectivity index (χ3v) is 2.06. The van der Waals surface area contributed by atoms with Crippen molar-refractivity contribution in [3.05, 3.63) is 0 Å². The summed E-state index contributed by atoms with van der Waals surface area (Å²) < 4.78 is 10.5. The number of amides is 2. The molecule has 0 bridgehead atoms. The van der Waals surface area contributed by atoms with Gasteiger partial charge < -0.3 is 25.4 Å². The topological polar surface area (TPSA) is 93.9 Å². The molecule has 0 aliphatic rings. The van der Waals surface area contributed by atoms with Gasteiger partial charge in [0.15, 0.2) is 0 Å². The molecule has 0 radical (unpaired) electrons. The van der Waals surface area contributed by atoms with Crippen LogP contribution in [0.2, 0.25) is 0 Å². The van der Waals surface area contributed by atoms with Gasteiger partial charge in [-0.2, -0.15) is 0 Å². The first-order valence-electron chi connectivity index (χ1n) is 6.80. The van der Waals surface area contributed by atoms with Crippen LogP contribution in [0.25, 0.3) is 0 Å². The minimum atomic E-state index is -0.788. The zero-order chi connectivity index (χ0) is 16.0. The van der Waals surface area contributed by atoms with Crippen LogP contribution in [0.15, 0.2) is 0 Å². The summed E-state index contributed by atoms with van der Waals surface area (Å²) in [6.07, 6.45) is 0. The summed E-state index contributed by atoms with van der Waals surface area (Å²) in [6.45, 7) is 7.65. The van der Waals surface area contributed by atoms with E-state index in [1.807, 2.05) is 32.8 Å². The number of nitrogens with two attached hydrogens (primary N) is 1. The molecule has 7 heteroatoms. The fraction of sp³-hybridized carbons (Fsp3) is 0.846. The Bertz CT molecular complexity index is 260. The van der Waals surface area contributed by atoms with E-state index >= 15 is 0 Å². The molecule has 0 saturated heterocycles. The van der Waals surface area contributed by atoms with Gasteiger partial charge in [-0.05, 0) is 14.1 Å². The van der Waals surface area contributed by atoms with Gasteiger partial charge in [-0.25, -0.2) is 0 Å².